The molecule has 1 heterocycles. The molecule has 3 rings (SSSR count). The summed E-state index contributed by atoms with van der Waals surface area (Å²) in [5.41, 5.74) is 1.64. The number of hydrogen-bond acceptors (Lipinski definition) is 5. The van der Waals surface area contributed by atoms with Crippen molar-refractivity contribution in [2.75, 3.05) is 6.61 Å². The predicted octanol–water partition coefficient (Wildman–Crippen LogP) is 5.08. The first-order valence-corrected chi connectivity index (χ1v) is 11.2. The molecule has 0 amide bonds. The van der Waals surface area contributed by atoms with Crippen LogP contribution in [0.15, 0.2) is 72.8 Å². The molecule has 3 unspecified atom stereocenters. The Labute approximate surface area is 191 Å². The number of nitrogens with zero attached hydrogens (tertiary/aromatic N) is 1. The summed E-state index contributed by atoms with van der Waals surface area (Å²) < 4.78 is 10.9. The molecule has 32 heavy (non-hydrogen) atoms. The molecule has 1 aliphatic rings. The molecule has 2 aromatic carbocycles. The minimum absolute atomic E-state index is 0.109. The van der Waals surface area contributed by atoms with Crippen molar-refractivity contribution >= 4 is 11.9 Å². The Kier molecular flexibility index (Phi) is 7.86. The topological polar surface area (TPSA) is 55.8 Å². The van der Waals surface area contributed by atoms with Gasteiger partial charge in [0.25, 0.3) is 0 Å². The molecule has 0 N–H and O–H groups in total. The highest BCUT2D eigenvalue weighted by Crippen LogP contribution is 2.43. The van der Waals surface area contributed by atoms with Gasteiger partial charge in [-0.1, -0.05) is 66.7 Å². The molecule has 0 spiro atoms. The van der Waals surface area contributed by atoms with E-state index in [0.29, 0.717) is 19.6 Å². The van der Waals surface area contributed by atoms with E-state index in [4.69, 9.17) is 9.47 Å². The average molecular weight is 436 g/mol. The number of benzene rings is 2. The van der Waals surface area contributed by atoms with Crippen LogP contribution < -0.4 is 0 Å². The van der Waals surface area contributed by atoms with E-state index >= 15 is 0 Å². The van der Waals surface area contributed by atoms with Gasteiger partial charge in [-0.05, 0) is 45.2 Å². The Morgan fingerprint density at radius 2 is 1.66 bits per heavy atom. The lowest BCUT2D eigenvalue weighted by molar-refractivity contribution is -0.161. The maximum Gasteiger partial charge on any atom is 0.330 e. The maximum absolute atomic E-state index is 13.3. The minimum atomic E-state index is -0.568. The molecule has 5 heteroatoms. The van der Waals surface area contributed by atoms with Gasteiger partial charge in [0, 0.05) is 24.7 Å². The second-order valence-electron chi connectivity index (χ2n) is 9.07. The first kappa shape index (κ1) is 23.7. The summed E-state index contributed by atoms with van der Waals surface area (Å²) >= 11 is 0. The van der Waals surface area contributed by atoms with Crippen LogP contribution in [0.4, 0.5) is 0 Å². The van der Waals surface area contributed by atoms with Crippen molar-refractivity contribution in [1.82, 2.24) is 4.90 Å². The number of likely N-dealkylation sites (tertiary alicyclic amines) is 1. The van der Waals surface area contributed by atoms with Crippen LogP contribution in [-0.4, -0.2) is 35.1 Å². The lowest BCUT2D eigenvalue weighted by Gasteiger charge is -2.31. The van der Waals surface area contributed by atoms with Crippen LogP contribution in [0.5, 0.6) is 0 Å². The summed E-state index contributed by atoms with van der Waals surface area (Å²) in [5.74, 6) is -0.933. The van der Waals surface area contributed by atoms with Gasteiger partial charge < -0.3 is 9.47 Å². The Hall–Kier alpha value is -2.92. The van der Waals surface area contributed by atoms with Crippen molar-refractivity contribution in [3.63, 3.8) is 0 Å². The van der Waals surface area contributed by atoms with E-state index in [2.05, 4.69) is 29.2 Å². The highest BCUT2D eigenvalue weighted by Gasteiger charge is 2.46. The molecular weight excluding hydrogens is 402 g/mol. The molecule has 0 aliphatic carbocycles. The fraction of sp³-hybridized carbons (Fsp3) is 0.407. The number of rotatable bonds is 7. The molecule has 0 saturated carbocycles. The van der Waals surface area contributed by atoms with Gasteiger partial charge >= 0.3 is 11.9 Å². The van der Waals surface area contributed by atoms with Crippen molar-refractivity contribution in [2.24, 2.45) is 5.92 Å². The quantitative estimate of drug-likeness (QED) is 0.448. The van der Waals surface area contributed by atoms with Crippen LogP contribution in [0, 0.1) is 5.92 Å². The first-order chi connectivity index (χ1) is 15.3. The van der Waals surface area contributed by atoms with E-state index in [9.17, 15) is 9.59 Å². The zero-order valence-corrected chi connectivity index (χ0v) is 19.4. The molecule has 170 valence electrons. The second-order valence-corrected chi connectivity index (χ2v) is 9.07. The normalized spacial score (nSPS) is 21.6. The fourth-order valence-corrected chi connectivity index (χ4v) is 4.22. The number of carbonyl (C=O) groups excluding carboxylic acids is 2. The molecule has 1 aliphatic heterocycles. The van der Waals surface area contributed by atoms with E-state index < -0.39 is 5.60 Å². The van der Waals surface area contributed by atoms with Crippen LogP contribution in [0.2, 0.25) is 0 Å². The first-order valence-electron chi connectivity index (χ1n) is 11.2. The van der Waals surface area contributed by atoms with Crippen molar-refractivity contribution in [1.29, 1.82) is 0 Å². The van der Waals surface area contributed by atoms with Gasteiger partial charge in [0.2, 0.25) is 0 Å². The summed E-state index contributed by atoms with van der Waals surface area (Å²) in [6, 6.07) is 20.0. The monoisotopic (exact) mass is 435 g/mol. The van der Waals surface area contributed by atoms with Crippen LogP contribution in [0.1, 0.15) is 51.3 Å². The lowest BCUT2D eigenvalue weighted by atomic mass is 9.92. The van der Waals surface area contributed by atoms with Crippen molar-refractivity contribution in [3.8, 4) is 0 Å². The summed E-state index contributed by atoms with van der Waals surface area (Å²) in [7, 11) is 0. The Morgan fingerprint density at radius 3 is 2.25 bits per heavy atom. The van der Waals surface area contributed by atoms with Gasteiger partial charge in [-0.3, -0.25) is 9.69 Å². The number of carbonyl (C=O) groups is 2. The van der Waals surface area contributed by atoms with E-state index in [0.717, 1.165) is 11.1 Å². The summed E-state index contributed by atoms with van der Waals surface area (Å²) in [4.78, 5) is 27.6. The van der Waals surface area contributed by atoms with Gasteiger partial charge in [-0.2, -0.15) is 0 Å². The second kappa shape index (κ2) is 10.6. The molecule has 1 saturated heterocycles. The van der Waals surface area contributed by atoms with Crippen molar-refractivity contribution < 1.29 is 19.1 Å². The summed E-state index contributed by atoms with van der Waals surface area (Å²) in [6.45, 7) is 8.42. The van der Waals surface area contributed by atoms with E-state index in [1.807, 2.05) is 63.2 Å². The van der Waals surface area contributed by atoms with Gasteiger partial charge in [-0.15, -0.1) is 0 Å². The summed E-state index contributed by atoms with van der Waals surface area (Å²) in [5, 5.41) is 0. The number of hydrogen-bond donors (Lipinski definition) is 0. The average Bonchev–Trinajstić information content (AvgIpc) is 3.11. The minimum Gasteiger partial charge on any atom is -0.463 e. The molecule has 5 nitrogen and oxygen atoms in total. The van der Waals surface area contributed by atoms with Crippen LogP contribution >= 0.6 is 0 Å². The molecule has 1 fully saturated rings. The Morgan fingerprint density at radius 1 is 1.03 bits per heavy atom. The van der Waals surface area contributed by atoms with E-state index in [1.165, 1.54) is 6.08 Å². The zero-order valence-electron chi connectivity index (χ0n) is 19.4. The summed E-state index contributed by atoms with van der Waals surface area (Å²) in [6.07, 6.45) is 3.91. The highest BCUT2D eigenvalue weighted by atomic mass is 16.6. The predicted molar refractivity (Wildman–Crippen MR) is 125 cm³/mol. The standard InChI is InChI=1S/C27H33NO4/c1-5-31-24(29)17-16-22-18-23(26(30)32-27(2,3)4)25(21-14-10-7-11-15-21)28(22)19-20-12-8-6-9-13-20/h6-17,22-23,25H,5,18-19H2,1-4H3/b17-16+. The lowest BCUT2D eigenvalue weighted by Crippen LogP contribution is -2.34. The van der Waals surface area contributed by atoms with Crippen LogP contribution in [0.3, 0.4) is 0 Å². The third kappa shape index (κ3) is 6.30. The van der Waals surface area contributed by atoms with E-state index in [-0.39, 0.29) is 29.9 Å². The van der Waals surface area contributed by atoms with Crippen molar-refractivity contribution in [3.05, 3.63) is 83.9 Å². The van der Waals surface area contributed by atoms with E-state index in [1.54, 1.807) is 6.92 Å². The third-order valence-corrected chi connectivity index (χ3v) is 5.46. The molecule has 0 bridgehead atoms. The Bertz CT molecular complexity index is 918. The third-order valence-electron chi connectivity index (χ3n) is 5.46. The molecule has 2 aromatic rings. The van der Waals surface area contributed by atoms with Crippen LogP contribution in [-0.2, 0) is 25.6 Å². The zero-order chi connectivity index (χ0) is 23.1. The van der Waals surface area contributed by atoms with Gasteiger partial charge in [0.15, 0.2) is 0 Å². The number of ether oxygens (including phenoxy) is 2. The Balaban J connectivity index is 1.99. The largest absolute Gasteiger partial charge is 0.463 e. The maximum atomic E-state index is 13.3. The molecular formula is C27H33NO4. The van der Waals surface area contributed by atoms with Gasteiger partial charge in [-0.25, -0.2) is 4.79 Å². The number of esters is 2. The van der Waals surface area contributed by atoms with Crippen molar-refractivity contribution in [2.45, 2.75) is 58.3 Å². The molecule has 0 aromatic heterocycles. The molecule has 3 atom stereocenters. The smallest absolute Gasteiger partial charge is 0.330 e. The highest BCUT2D eigenvalue weighted by molar-refractivity contribution is 5.82. The fourth-order valence-electron chi connectivity index (χ4n) is 4.22. The van der Waals surface area contributed by atoms with Gasteiger partial charge in [0.05, 0.1) is 12.5 Å². The molecule has 0 radical (unpaired) electrons. The SMILES string of the molecule is CCOC(=O)/C=C/C1CC(C(=O)OC(C)(C)C)C(c2ccccc2)N1Cc1ccccc1. The van der Waals surface area contributed by atoms with Gasteiger partial charge in [0.1, 0.15) is 5.60 Å². The van der Waals surface area contributed by atoms with Crippen LogP contribution in [0.25, 0.3) is 0 Å².